The fraction of sp³-hybridized carbons (Fsp3) is 0.562. The van der Waals surface area contributed by atoms with E-state index in [1.165, 1.54) is 12.1 Å². The van der Waals surface area contributed by atoms with Crippen molar-refractivity contribution < 1.29 is 17.6 Å². The second-order valence-electron chi connectivity index (χ2n) is 6.21. The van der Waals surface area contributed by atoms with E-state index in [0.29, 0.717) is 19.0 Å². The molecule has 0 aliphatic carbocycles. The summed E-state index contributed by atoms with van der Waals surface area (Å²) in [4.78, 5) is 14.1. The van der Waals surface area contributed by atoms with Gasteiger partial charge in [-0.15, -0.1) is 0 Å². The van der Waals surface area contributed by atoms with Crippen molar-refractivity contribution in [3.8, 4) is 0 Å². The summed E-state index contributed by atoms with van der Waals surface area (Å²) in [7, 11) is -3.61. The van der Waals surface area contributed by atoms with Gasteiger partial charge in [-0.1, -0.05) is 25.1 Å². The number of piperidine rings is 1. The molecule has 1 saturated heterocycles. The smallest absolute Gasteiger partial charge is 0.237 e. The normalized spacial score (nSPS) is 19.1. The predicted octanol–water partition coefficient (Wildman–Crippen LogP) is 1.85. The molecule has 0 saturated carbocycles. The number of nitrogens with zero attached hydrogens (tertiary/aromatic N) is 2. The van der Waals surface area contributed by atoms with Crippen LogP contribution in [0.1, 0.15) is 25.3 Å². The molecule has 2 rings (SSSR count). The molecule has 128 valence electrons. The van der Waals surface area contributed by atoms with Gasteiger partial charge < -0.3 is 4.90 Å². The van der Waals surface area contributed by atoms with E-state index in [-0.39, 0.29) is 24.6 Å². The number of sulfonamides is 1. The van der Waals surface area contributed by atoms with Crippen molar-refractivity contribution >= 4 is 15.9 Å². The SMILES string of the molecule is C[C@H]1CCCN(C(=O)CN(Cc2ccccc2F)S(C)(=O)=O)C1. The van der Waals surface area contributed by atoms with Gasteiger partial charge in [0.15, 0.2) is 0 Å². The number of halogens is 1. The average molecular weight is 342 g/mol. The summed E-state index contributed by atoms with van der Waals surface area (Å²) in [6.45, 7) is 2.99. The summed E-state index contributed by atoms with van der Waals surface area (Å²) in [6, 6.07) is 6.00. The van der Waals surface area contributed by atoms with Crippen molar-refractivity contribution in [3.05, 3.63) is 35.6 Å². The average Bonchev–Trinajstić information content (AvgIpc) is 2.47. The lowest BCUT2D eigenvalue weighted by Gasteiger charge is -2.32. The van der Waals surface area contributed by atoms with Crippen LogP contribution >= 0.6 is 0 Å². The number of carbonyl (C=O) groups is 1. The molecule has 0 unspecified atom stereocenters. The zero-order chi connectivity index (χ0) is 17.0. The summed E-state index contributed by atoms with van der Waals surface area (Å²) in [5, 5.41) is 0. The Kier molecular flexibility index (Phi) is 5.75. The molecule has 1 aliphatic rings. The maximum atomic E-state index is 13.8. The van der Waals surface area contributed by atoms with Crippen LogP contribution in [0.15, 0.2) is 24.3 Å². The highest BCUT2D eigenvalue weighted by Crippen LogP contribution is 2.17. The molecule has 1 aromatic rings. The van der Waals surface area contributed by atoms with Gasteiger partial charge in [0.25, 0.3) is 0 Å². The Labute approximate surface area is 137 Å². The van der Waals surface area contributed by atoms with Crippen LogP contribution in [-0.4, -0.2) is 49.4 Å². The molecule has 1 amide bonds. The molecule has 1 aliphatic heterocycles. The molecule has 1 aromatic carbocycles. The minimum atomic E-state index is -3.61. The number of amides is 1. The van der Waals surface area contributed by atoms with Crippen LogP contribution in [0.5, 0.6) is 0 Å². The van der Waals surface area contributed by atoms with Gasteiger partial charge in [-0.25, -0.2) is 12.8 Å². The zero-order valence-corrected chi connectivity index (χ0v) is 14.4. The first kappa shape index (κ1) is 17.9. The second kappa shape index (κ2) is 7.40. The molecule has 0 N–H and O–H groups in total. The highest BCUT2D eigenvalue weighted by atomic mass is 32.2. The molecule has 7 heteroatoms. The molecule has 1 fully saturated rings. The van der Waals surface area contributed by atoms with Crippen LogP contribution in [-0.2, 0) is 21.4 Å². The van der Waals surface area contributed by atoms with Gasteiger partial charge in [0.05, 0.1) is 12.8 Å². The monoisotopic (exact) mass is 342 g/mol. The second-order valence-corrected chi connectivity index (χ2v) is 8.19. The van der Waals surface area contributed by atoms with E-state index in [0.717, 1.165) is 23.4 Å². The van der Waals surface area contributed by atoms with Crippen molar-refractivity contribution in [1.29, 1.82) is 0 Å². The van der Waals surface area contributed by atoms with Gasteiger partial charge in [-0.2, -0.15) is 4.31 Å². The lowest BCUT2D eigenvalue weighted by molar-refractivity contribution is -0.133. The third-order valence-electron chi connectivity index (χ3n) is 4.09. The Morgan fingerprint density at radius 3 is 2.70 bits per heavy atom. The molecule has 0 radical (unpaired) electrons. The number of hydrogen-bond donors (Lipinski definition) is 0. The first-order chi connectivity index (χ1) is 10.8. The third-order valence-corrected chi connectivity index (χ3v) is 5.29. The number of carbonyl (C=O) groups excluding carboxylic acids is 1. The predicted molar refractivity (Wildman–Crippen MR) is 86.6 cm³/mol. The highest BCUT2D eigenvalue weighted by Gasteiger charge is 2.26. The number of hydrogen-bond acceptors (Lipinski definition) is 3. The van der Waals surface area contributed by atoms with Crippen LogP contribution in [0, 0.1) is 11.7 Å². The first-order valence-corrected chi connectivity index (χ1v) is 9.58. The van der Waals surface area contributed by atoms with Gasteiger partial charge >= 0.3 is 0 Å². The molecule has 5 nitrogen and oxygen atoms in total. The molecule has 1 atom stereocenters. The summed E-state index contributed by atoms with van der Waals surface area (Å²) in [6.07, 6.45) is 3.05. The van der Waals surface area contributed by atoms with E-state index in [4.69, 9.17) is 0 Å². The van der Waals surface area contributed by atoms with Crippen molar-refractivity contribution in [1.82, 2.24) is 9.21 Å². The van der Waals surface area contributed by atoms with Crippen LogP contribution in [0.2, 0.25) is 0 Å². The van der Waals surface area contributed by atoms with Crippen molar-refractivity contribution in [2.75, 3.05) is 25.9 Å². The number of benzene rings is 1. The summed E-state index contributed by atoms with van der Waals surface area (Å²) in [5.41, 5.74) is 0.262. The van der Waals surface area contributed by atoms with E-state index in [9.17, 15) is 17.6 Å². The van der Waals surface area contributed by atoms with Crippen molar-refractivity contribution in [2.45, 2.75) is 26.3 Å². The van der Waals surface area contributed by atoms with Crippen LogP contribution in [0.3, 0.4) is 0 Å². The largest absolute Gasteiger partial charge is 0.341 e. The quantitative estimate of drug-likeness (QED) is 0.820. The summed E-state index contributed by atoms with van der Waals surface area (Å²) >= 11 is 0. The highest BCUT2D eigenvalue weighted by molar-refractivity contribution is 7.88. The van der Waals surface area contributed by atoms with Gasteiger partial charge in [0.2, 0.25) is 15.9 Å². The molecule has 0 bridgehead atoms. The molecule has 1 heterocycles. The van der Waals surface area contributed by atoms with E-state index in [2.05, 4.69) is 6.92 Å². The number of likely N-dealkylation sites (tertiary alicyclic amines) is 1. The van der Waals surface area contributed by atoms with Gasteiger partial charge in [-0.05, 0) is 24.8 Å². The Morgan fingerprint density at radius 2 is 2.09 bits per heavy atom. The Bertz CT molecular complexity index is 663. The Balaban J connectivity index is 2.10. The lowest BCUT2D eigenvalue weighted by atomic mass is 10.0. The van der Waals surface area contributed by atoms with Crippen molar-refractivity contribution in [2.24, 2.45) is 5.92 Å². The fourth-order valence-corrected chi connectivity index (χ4v) is 3.49. The minimum absolute atomic E-state index is 0.138. The fourth-order valence-electron chi connectivity index (χ4n) is 2.77. The molecule has 0 aromatic heterocycles. The van der Waals surface area contributed by atoms with Gasteiger partial charge in [0, 0.05) is 25.2 Å². The topological polar surface area (TPSA) is 57.7 Å². The Hall–Kier alpha value is -1.47. The molecular formula is C16H23FN2O3S. The van der Waals surface area contributed by atoms with E-state index in [1.807, 2.05) is 0 Å². The molecule has 23 heavy (non-hydrogen) atoms. The van der Waals surface area contributed by atoms with E-state index in [1.54, 1.807) is 17.0 Å². The van der Waals surface area contributed by atoms with Crippen LogP contribution in [0.25, 0.3) is 0 Å². The van der Waals surface area contributed by atoms with Gasteiger partial charge in [0.1, 0.15) is 5.82 Å². The number of rotatable bonds is 5. The zero-order valence-electron chi connectivity index (χ0n) is 13.5. The summed E-state index contributed by atoms with van der Waals surface area (Å²) in [5.74, 6) is -0.274. The standard InChI is InChI=1S/C16H23FN2O3S/c1-13-6-5-9-18(10-13)16(20)12-19(23(2,21)22)11-14-7-3-4-8-15(14)17/h3-4,7-8,13H,5-6,9-12H2,1-2H3/t13-/m0/s1. The summed E-state index contributed by atoms with van der Waals surface area (Å²) < 4.78 is 38.7. The first-order valence-electron chi connectivity index (χ1n) is 7.73. The van der Waals surface area contributed by atoms with Crippen LogP contribution < -0.4 is 0 Å². The van der Waals surface area contributed by atoms with Crippen molar-refractivity contribution in [3.63, 3.8) is 0 Å². The van der Waals surface area contributed by atoms with Gasteiger partial charge in [-0.3, -0.25) is 4.79 Å². The molecular weight excluding hydrogens is 319 g/mol. The minimum Gasteiger partial charge on any atom is -0.341 e. The molecule has 0 spiro atoms. The van der Waals surface area contributed by atoms with Crippen LogP contribution in [0.4, 0.5) is 4.39 Å². The lowest BCUT2D eigenvalue weighted by Crippen LogP contribution is -2.45. The third kappa shape index (κ3) is 5.00. The van der Waals surface area contributed by atoms with E-state index >= 15 is 0 Å². The maximum absolute atomic E-state index is 13.8. The maximum Gasteiger partial charge on any atom is 0.237 e. The van der Waals surface area contributed by atoms with E-state index < -0.39 is 15.8 Å². The Morgan fingerprint density at radius 1 is 1.39 bits per heavy atom.